The molecule has 0 aliphatic heterocycles. The number of imidazole rings is 1. The Bertz CT molecular complexity index is 2760. The predicted octanol–water partition coefficient (Wildman–Crippen LogP) is 11.1. The molecule has 4 aromatic carbocycles. The third-order valence-electron chi connectivity index (χ3n) is 9.33. The highest BCUT2D eigenvalue weighted by Gasteiger charge is 2.19. The fraction of sp³-hybridized carbons (Fsp3) is 0.255. The van der Waals surface area contributed by atoms with Crippen molar-refractivity contribution in [1.29, 1.82) is 0 Å². The summed E-state index contributed by atoms with van der Waals surface area (Å²) < 4.78 is 48.4. The topological polar surface area (TPSA) is 48.8 Å². The van der Waals surface area contributed by atoms with Gasteiger partial charge in [-0.2, -0.15) is 0 Å². The van der Waals surface area contributed by atoms with Crippen LogP contribution in [0.3, 0.4) is 0 Å². The highest BCUT2D eigenvalue weighted by molar-refractivity contribution is 6.09. The van der Waals surface area contributed by atoms with E-state index in [1.54, 1.807) is 18.5 Å². The van der Waals surface area contributed by atoms with Crippen molar-refractivity contribution in [2.24, 2.45) is 11.8 Å². The molecule has 0 amide bonds. The second kappa shape index (κ2) is 13.7. The SMILES string of the molecule is [2H]C([2H])(c1cc(-[n+]2[c-]n(-c3cncc(Oc4ccc5c6ccccc6n(-c6cc(C(C)(C)C)ccn6)c5c4)c3)c3ccccc32)cc(C([2H])([2H])C(C)C)c1)C(C)C. The van der Waals surface area contributed by atoms with Crippen LogP contribution in [-0.2, 0) is 18.2 Å². The monoisotopic (exact) mass is 701 g/mol. The van der Waals surface area contributed by atoms with Crippen LogP contribution in [0.15, 0.2) is 122 Å². The molecule has 53 heavy (non-hydrogen) atoms. The van der Waals surface area contributed by atoms with Crippen LogP contribution in [-0.4, -0.2) is 19.1 Å². The smallest absolute Gasteiger partial charge is 0.269 e. The molecule has 4 heterocycles. The van der Waals surface area contributed by atoms with Gasteiger partial charge in [0.1, 0.15) is 17.3 Å². The lowest BCUT2D eigenvalue weighted by Crippen LogP contribution is -2.30. The Kier molecular flexibility index (Phi) is 7.68. The molecule has 0 saturated carbocycles. The molecule has 6 heteroatoms. The summed E-state index contributed by atoms with van der Waals surface area (Å²) in [6.45, 7) is 14.0. The van der Waals surface area contributed by atoms with E-state index < -0.39 is 12.7 Å². The van der Waals surface area contributed by atoms with Gasteiger partial charge in [0.15, 0.2) is 0 Å². The molecule has 4 aromatic heterocycles. The van der Waals surface area contributed by atoms with E-state index in [1.165, 1.54) is 5.56 Å². The average Bonchev–Trinajstić information content (AvgIpc) is 3.73. The van der Waals surface area contributed by atoms with Crippen LogP contribution in [0.4, 0.5) is 0 Å². The zero-order valence-electron chi connectivity index (χ0n) is 35.3. The van der Waals surface area contributed by atoms with Gasteiger partial charge in [-0.25, -0.2) is 4.98 Å². The summed E-state index contributed by atoms with van der Waals surface area (Å²) >= 11 is 0. The van der Waals surface area contributed by atoms with Gasteiger partial charge in [0.05, 0.1) is 39.6 Å². The second-order valence-corrected chi connectivity index (χ2v) is 15.3. The first-order valence-corrected chi connectivity index (χ1v) is 18.3. The number of pyridine rings is 2. The van der Waals surface area contributed by atoms with Crippen molar-refractivity contribution < 1.29 is 14.8 Å². The van der Waals surface area contributed by atoms with Crippen LogP contribution >= 0.6 is 0 Å². The number of fused-ring (bicyclic) bond motifs is 4. The number of ether oxygens (including phenoxy) is 1. The molecule has 0 N–H and O–H groups in total. The van der Waals surface area contributed by atoms with Gasteiger partial charge in [-0.15, -0.1) is 0 Å². The van der Waals surface area contributed by atoms with Gasteiger partial charge >= 0.3 is 0 Å². The zero-order valence-corrected chi connectivity index (χ0v) is 31.3. The molecule has 0 bridgehead atoms. The third kappa shape index (κ3) is 6.82. The average molecular weight is 702 g/mol. The molecular weight excluding hydrogens is 651 g/mol. The lowest BCUT2D eigenvalue weighted by molar-refractivity contribution is -0.572. The van der Waals surface area contributed by atoms with Crippen LogP contribution in [0.25, 0.3) is 50.0 Å². The van der Waals surface area contributed by atoms with E-state index >= 15 is 0 Å². The van der Waals surface area contributed by atoms with Crippen molar-refractivity contribution in [3.63, 3.8) is 0 Å². The van der Waals surface area contributed by atoms with E-state index in [0.29, 0.717) is 34.0 Å². The number of hydrogen-bond acceptors (Lipinski definition) is 3. The fourth-order valence-electron chi connectivity index (χ4n) is 7.01. The zero-order chi connectivity index (χ0) is 40.4. The van der Waals surface area contributed by atoms with Crippen molar-refractivity contribution in [2.45, 2.75) is 66.6 Å². The molecule has 0 saturated heterocycles. The molecular formula is C47H47N5O. The molecule has 8 aromatic rings. The Morgan fingerprint density at radius 2 is 1.43 bits per heavy atom. The Morgan fingerprint density at radius 3 is 2.17 bits per heavy atom. The Morgan fingerprint density at radius 1 is 0.736 bits per heavy atom. The quantitative estimate of drug-likeness (QED) is 0.111. The number of benzene rings is 4. The summed E-state index contributed by atoms with van der Waals surface area (Å²) in [6, 6.07) is 33.9. The summed E-state index contributed by atoms with van der Waals surface area (Å²) in [5.41, 5.74) is 7.07. The maximum atomic E-state index is 8.96. The van der Waals surface area contributed by atoms with Crippen molar-refractivity contribution in [1.82, 2.24) is 19.1 Å². The van der Waals surface area contributed by atoms with Crippen LogP contribution in [0.5, 0.6) is 11.5 Å². The van der Waals surface area contributed by atoms with Crippen LogP contribution in [0.2, 0.25) is 0 Å². The largest absolute Gasteiger partial charge is 0.456 e. The Hall–Kier alpha value is -5.75. The fourth-order valence-corrected chi connectivity index (χ4v) is 7.01. The molecule has 0 aliphatic carbocycles. The summed E-state index contributed by atoms with van der Waals surface area (Å²) in [6.07, 6.45) is 5.45. The number of para-hydroxylation sites is 3. The molecule has 6 nitrogen and oxygen atoms in total. The number of aromatic nitrogens is 5. The van der Waals surface area contributed by atoms with E-state index in [-0.39, 0.29) is 17.3 Å². The van der Waals surface area contributed by atoms with E-state index in [9.17, 15) is 0 Å². The van der Waals surface area contributed by atoms with E-state index in [4.69, 9.17) is 15.2 Å². The van der Waals surface area contributed by atoms with E-state index in [2.05, 4.69) is 85.2 Å². The molecule has 0 aliphatic rings. The van der Waals surface area contributed by atoms with Gasteiger partial charge in [0.25, 0.3) is 6.33 Å². The van der Waals surface area contributed by atoms with E-state index in [1.807, 2.05) is 91.6 Å². The van der Waals surface area contributed by atoms with Gasteiger partial charge in [0, 0.05) is 34.7 Å². The highest BCUT2D eigenvalue weighted by Crippen LogP contribution is 2.36. The minimum atomic E-state index is -1.68. The molecule has 0 radical (unpaired) electrons. The number of nitrogens with zero attached hydrogens (tertiary/aromatic N) is 5. The van der Waals surface area contributed by atoms with Gasteiger partial charge < -0.3 is 4.74 Å². The predicted molar refractivity (Wildman–Crippen MR) is 216 cm³/mol. The Balaban J connectivity index is 1.21. The molecule has 0 atom stereocenters. The first-order valence-electron chi connectivity index (χ1n) is 20.3. The molecule has 266 valence electrons. The highest BCUT2D eigenvalue weighted by atomic mass is 16.5. The summed E-state index contributed by atoms with van der Waals surface area (Å²) in [4.78, 5) is 9.40. The minimum Gasteiger partial charge on any atom is -0.456 e. The lowest BCUT2D eigenvalue weighted by atomic mass is 9.88. The number of hydrogen-bond donors (Lipinski definition) is 0. The van der Waals surface area contributed by atoms with Gasteiger partial charge in [-0.3, -0.25) is 18.7 Å². The lowest BCUT2D eigenvalue weighted by Gasteiger charge is -2.20. The molecule has 0 unspecified atom stereocenters. The normalized spacial score (nSPS) is 13.8. The minimum absolute atomic E-state index is 0.0371. The van der Waals surface area contributed by atoms with Gasteiger partial charge in [-0.1, -0.05) is 108 Å². The van der Waals surface area contributed by atoms with Gasteiger partial charge in [-0.05, 0) is 84.1 Å². The summed E-state index contributed by atoms with van der Waals surface area (Å²) in [5, 5.41) is 2.23. The molecule has 0 fully saturated rings. The van der Waals surface area contributed by atoms with Crippen molar-refractivity contribution >= 4 is 32.8 Å². The van der Waals surface area contributed by atoms with Gasteiger partial charge in [0.2, 0.25) is 0 Å². The standard InChI is InChI=1S/C47H47N5O/c1-31(2)20-33-22-34(21-32(3)4)24-36(23-33)50-30-51(44-15-11-10-14-43(44)50)37-26-39(29-48-28-37)53-38-16-17-41-40-12-8-9-13-42(40)52(45(41)27-38)46-25-35(18-19-49-46)47(5,6)7/h8-19,22-29,31-32H,20-21H2,1-7H3/i20D2,21D2. The van der Waals surface area contributed by atoms with Crippen molar-refractivity contribution in [2.75, 3.05) is 0 Å². The first kappa shape index (κ1) is 29.8. The van der Waals surface area contributed by atoms with Crippen molar-refractivity contribution in [3.05, 3.63) is 145 Å². The van der Waals surface area contributed by atoms with Crippen LogP contribution in [0, 0.1) is 18.2 Å². The number of rotatable bonds is 9. The second-order valence-electron chi connectivity index (χ2n) is 15.3. The third-order valence-corrected chi connectivity index (χ3v) is 9.33. The molecule has 8 rings (SSSR count). The summed E-state index contributed by atoms with van der Waals surface area (Å²) in [5.74, 6) is 1.39. The van der Waals surface area contributed by atoms with Crippen molar-refractivity contribution in [3.8, 4) is 28.7 Å². The van der Waals surface area contributed by atoms with E-state index in [0.717, 1.165) is 38.7 Å². The Labute approximate surface area is 318 Å². The van der Waals surface area contributed by atoms with Crippen LogP contribution < -0.4 is 9.30 Å². The maximum absolute atomic E-state index is 8.96. The van der Waals surface area contributed by atoms with Crippen LogP contribution in [0.1, 0.15) is 70.6 Å². The first-order chi connectivity index (χ1) is 27.0. The summed E-state index contributed by atoms with van der Waals surface area (Å²) in [7, 11) is 0. The molecule has 0 spiro atoms. The maximum Gasteiger partial charge on any atom is 0.269 e.